The maximum Gasteiger partial charge on any atom is 0.513 e. The van der Waals surface area contributed by atoms with E-state index < -0.39 is 42.0 Å². The fourth-order valence-corrected chi connectivity index (χ4v) is 4.05. The number of pyridine rings is 1. The van der Waals surface area contributed by atoms with Crippen molar-refractivity contribution in [2.24, 2.45) is 11.7 Å². The summed E-state index contributed by atoms with van der Waals surface area (Å²) in [6, 6.07) is 5.37. The van der Waals surface area contributed by atoms with Crippen molar-refractivity contribution >= 4 is 29.8 Å². The van der Waals surface area contributed by atoms with Crippen LogP contribution < -0.4 is 21.1 Å². The Kier molecular flexibility index (Phi) is 11.3. The molecule has 0 spiro atoms. The number of nitriles is 1. The molecule has 0 bridgehead atoms. The molecule has 1 saturated carbocycles. The van der Waals surface area contributed by atoms with Crippen LogP contribution in [0.25, 0.3) is 0 Å². The Morgan fingerprint density at radius 1 is 1.17 bits per heavy atom. The largest absolute Gasteiger partial charge is 0.513 e. The molecule has 1 heterocycles. The number of anilines is 1. The van der Waals surface area contributed by atoms with E-state index >= 15 is 4.39 Å². The molecule has 42 heavy (non-hydrogen) atoms. The number of esters is 1. The van der Waals surface area contributed by atoms with Crippen molar-refractivity contribution in [3.8, 4) is 11.8 Å². The first-order valence-electron chi connectivity index (χ1n) is 13.7. The first-order valence-corrected chi connectivity index (χ1v) is 13.7. The first kappa shape index (κ1) is 32.0. The minimum atomic E-state index is -1.16. The van der Waals surface area contributed by atoms with Gasteiger partial charge < -0.3 is 25.3 Å². The second-order valence-corrected chi connectivity index (χ2v) is 9.84. The molecule has 12 nitrogen and oxygen atoms in total. The lowest BCUT2D eigenvalue weighted by atomic mass is 10.00. The highest BCUT2D eigenvalue weighted by atomic mass is 19.1. The fourth-order valence-electron chi connectivity index (χ4n) is 4.05. The molecular weight excluding hydrogens is 549 g/mol. The van der Waals surface area contributed by atoms with Crippen LogP contribution in [0.15, 0.2) is 30.5 Å². The van der Waals surface area contributed by atoms with E-state index in [-0.39, 0.29) is 60.5 Å². The van der Waals surface area contributed by atoms with Crippen LogP contribution in [0, 0.1) is 23.1 Å². The van der Waals surface area contributed by atoms with Crippen molar-refractivity contribution in [3.05, 3.63) is 53.0 Å². The Hall–Kier alpha value is -4.57. The van der Waals surface area contributed by atoms with Crippen molar-refractivity contribution in [1.29, 1.82) is 5.26 Å². The number of amides is 2. The molecule has 224 valence electrons. The number of nitrogens with one attached hydrogen (secondary N) is 2. The number of ether oxygens (including phenoxy) is 3. The number of benzene rings is 1. The number of ketones is 1. The fraction of sp³-hybridized carbons (Fsp3) is 0.448. The van der Waals surface area contributed by atoms with E-state index in [4.69, 9.17) is 25.2 Å². The zero-order valence-corrected chi connectivity index (χ0v) is 23.6. The van der Waals surface area contributed by atoms with E-state index in [1.165, 1.54) is 24.4 Å². The van der Waals surface area contributed by atoms with Crippen molar-refractivity contribution in [2.45, 2.75) is 64.5 Å². The Balaban J connectivity index is 1.61. The molecule has 2 unspecified atom stereocenters. The van der Waals surface area contributed by atoms with E-state index in [0.29, 0.717) is 12.0 Å². The van der Waals surface area contributed by atoms with Crippen LogP contribution in [-0.2, 0) is 14.3 Å². The van der Waals surface area contributed by atoms with Gasteiger partial charge in [-0.15, -0.1) is 0 Å². The highest BCUT2D eigenvalue weighted by molar-refractivity contribution is 5.99. The van der Waals surface area contributed by atoms with Crippen LogP contribution in [-0.4, -0.2) is 54.2 Å². The lowest BCUT2D eigenvalue weighted by Gasteiger charge is -2.17. The molecule has 1 aliphatic carbocycles. The molecule has 0 aliphatic heterocycles. The zero-order valence-electron chi connectivity index (χ0n) is 23.6. The Bertz CT molecular complexity index is 1350. The molecular formula is C29H34FN5O7. The third kappa shape index (κ3) is 8.47. The number of nitrogens with zero attached hydrogens (tertiary/aromatic N) is 2. The number of Topliss-reactive ketones (excluding diaryl/α,β-unsaturated/α-hetero) is 1. The minimum Gasteiger partial charge on any atom is -0.464 e. The van der Waals surface area contributed by atoms with Crippen LogP contribution in [0.4, 0.5) is 19.8 Å². The van der Waals surface area contributed by atoms with Crippen molar-refractivity contribution in [2.75, 3.05) is 18.5 Å². The van der Waals surface area contributed by atoms with Crippen LogP contribution in [0.1, 0.15) is 73.9 Å². The van der Waals surface area contributed by atoms with Gasteiger partial charge >= 0.3 is 18.2 Å². The molecule has 2 amide bonds. The molecule has 13 heteroatoms. The molecule has 4 atom stereocenters. The van der Waals surface area contributed by atoms with Crippen LogP contribution in [0.5, 0.6) is 5.75 Å². The van der Waals surface area contributed by atoms with Gasteiger partial charge in [0.2, 0.25) is 0 Å². The van der Waals surface area contributed by atoms with Crippen LogP contribution in [0.3, 0.4) is 0 Å². The van der Waals surface area contributed by atoms with Gasteiger partial charge in [0.1, 0.15) is 23.7 Å². The quantitative estimate of drug-likeness (QED) is 0.134. The topological polar surface area (TPSA) is 183 Å². The summed E-state index contributed by atoms with van der Waals surface area (Å²) < 4.78 is 30.6. The second-order valence-electron chi connectivity index (χ2n) is 9.84. The monoisotopic (exact) mass is 583 g/mol. The summed E-state index contributed by atoms with van der Waals surface area (Å²) in [6.45, 7) is 5.17. The molecule has 2 aromatic rings. The maximum absolute atomic E-state index is 15.1. The number of nitrogens with two attached hydrogens (primary N) is 1. The Morgan fingerprint density at radius 2 is 1.90 bits per heavy atom. The highest BCUT2D eigenvalue weighted by Crippen LogP contribution is 2.47. The van der Waals surface area contributed by atoms with Gasteiger partial charge in [-0.25, -0.2) is 19.0 Å². The second kappa shape index (κ2) is 14.9. The molecule has 1 aromatic heterocycles. The predicted octanol–water partition coefficient (Wildman–Crippen LogP) is 4.18. The highest BCUT2D eigenvalue weighted by Gasteiger charge is 2.44. The minimum absolute atomic E-state index is 0.00990. The maximum atomic E-state index is 15.1. The summed E-state index contributed by atoms with van der Waals surface area (Å²) in [4.78, 5) is 53.5. The SMILES string of the molecule is CCC(=O)c1ccc(F)c([C@@H]2C[C@@H]2NC(=O)Nc2ccc(C#N)cn2)c1OC(=O)OCCCOC(=O)C(N)C(C)CC. The Morgan fingerprint density at radius 3 is 2.55 bits per heavy atom. The van der Waals surface area contributed by atoms with Crippen LogP contribution in [0.2, 0.25) is 0 Å². The zero-order chi connectivity index (χ0) is 30.8. The van der Waals surface area contributed by atoms with Crippen molar-refractivity contribution < 1.29 is 37.8 Å². The number of rotatable bonds is 13. The van der Waals surface area contributed by atoms with Gasteiger partial charge in [0.05, 0.1) is 24.3 Å². The summed E-state index contributed by atoms with van der Waals surface area (Å²) >= 11 is 0. The first-order chi connectivity index (χ1) is 20.1. The third-order valence-electron chi connectivity index (χ3n) is 6.84. The number of carbonyl (C=O) groups excluding carboxylic acids is 4. The number of carbonyl (C=O) groups is 4. The van der Waals surface area contributed by atoms with E-state index in [1.54, 1.807) is 6.92 Å². The number of aromatic nitrogens is 1. The van der Waals surface area contributed by atoms with Gasteiger partial charge in [-0.05, 0) is 36.6 Å². The summed E-state index contributed by atoms with van der Waals surface area (Å²) in [7, 11) is 0. The molecule has 4 N–H and O–H groups in total. The van der Waals surface area contributed by atoms with E-state index in [2.05, 4.69) is 15.6 Å². The number of hydrogen-bond donors (Lipinski definition) is 3. The van der Waals surface area contributed by atoms with Gasteiger partial charge in [-0.1, -0.05) is 27.2 Å². The molecule has 0 saturated heterocycles. The smallest absolute Gasteiger partial charge is 0.464 e. The third-order valence-corrected chi connectivity index (χ3v) is 6.84. The van der Waals surface area contributed by atoms with Crippen molar-refractivity contribution in [1.82, 2.24) is 10.3 Å². The van der Waals surface area contributed by atoms with E-state index in [0.717, 1.165) is 12.5 Å². The van der Waals surface area contributed by atoms with Gasteiger partial charge in [-0.2, -0.15) is 5.26 Å². The van der Waals surface area contributed by atoms with Gasteiger partial charge in [0.15, 0.2) is 11.5 Å². The summed E-state index contributed by atoms with van der Waals surface area (Å²) in [6.07, 6.45) is 1.43. The van der Waals surface area contributed by atoms with Crippen LogP contribution >= 0.6 is 0 Å². The predicted molar refractivity (Wildman–Crippen MR) is 148 cm³/mol. The van der Waals surface area contributed by atoms with Crippen molar-refractivity contribution in [3.63, 3.8) is 0 Å². The number of hydrogen-bond acceptors (Lipinski definition) is 10. The summed E-state index contributed by atoms with van der Waals surface area (Å²) in [5, 5.41) is 14.1. The average molecular weight is 584 g/mol. The van der Waals surface area contributed by atoms with Gasteiger partial charge in [0, 0.05) is 36.6 Å². The molecule has 1 aromatic carbocycles. The van der Waals surface area contributed by atoms with Gasteiger partial charge in [0.25, 0.3) is 0 Å². The Labute approximate surface area is 242 Å². The summed E-state index contributed by atoms with van der Waals surface area (Å²) in [5.41, 5.74) is 6.14. The molecule has 0 radical (unpaired) electrons. The standard InChI is InChI=1S/C29H34FN5O7/c1-4-16(3)25(32)27(37)40-11-6-12-41-29(39)42-26-18(22(36)5-2)8-9-20(30)24(26)19-13-21(19)34-28(38)35-23-10-7-17(14-31)15-33-23/h7-10,15-16,19,21,25H,4-6,11-13,32H2,1-3H3,(H2,33,34,35,38)/t16?,19-,21+,25?/m1/s1. The molecule has 1 aliphatic rings. The lowest BCUT2D eigenvalue weighted by molar-refractivity contribution is -0.146. The average Bonchev–Trinajstić information content (AvgIpc) is 3.73. The summed E-state index contributed by atoms with van der Waals surface area (Å²) in [5.74, 6) is -2.30. The van der Waals surface area contributed by atoms with Gasteiger partial charge in [-0.3, -0.25) is 14.9 Å². The van der Waals surface area contributed by atoms with E-state index in [9.17, 15) is 19.2 Å². The number of urea groups is 1. The molecule has 3 rings (SSSR count). The number of halogens is 1. The van der Waals surface area contributed by atoms with E-state index in [1.807, 2.05) is 19.9 Å². The normalized spacial score (nSPS) is 16.8. The lowest BCUT2D eigenvalue weighted by Crippen LogP contribution is -2.38. The molecule has 1 fully saturated rings.